The molecule has 0 aliphatic carbocycles. The fourth-order valence-electron chi connectivity index (χ4n) is 1.77. The Morgan fingerprint density at radius 2 is 2.28 bits per heavy atom. The Labute approximate surface area is 111 Å². The second-order valence-corrected chi connectivity index (χ2v) is 4.43. The zero-order valence-electron chi connectivity index (χ0n) is 10.1. The molecule has 92 valence electrons. The third kappa shape index (κ3) is 2.52. The molecule has 0 fully saturated rings. The average Bonchev–Trinajstić information content (AvgIpc) is 2.79. The summed E-state index contributed by atoms with van der Waals surface area (Å²) in [4.78, 5) is 0. The Balaban J connectivity index is 2.44. The van der Waals surface area contributed by atoms with Gasteiger partial charge >= 0.3 is 0 Å². The number of halogens is 1. The molecule has 2 rings (SSSR count). The number of nitrogens with zero attached hydrogens (tertiary/aromatic N) is 4. The van der Waals surface area contributed by atoms with Crippen molar-refractivity contribution in [1.29, 1.82) is 5.26 Å². The van der Waals surface area contributed by atoms with Crippen molar-refractivity contribution >= 4 is 11.6 Å². The summed E-state index contributed by atoms with van der Waals surface area (Å²) in [5.74, 6) is 0. The van der Waals surface area contributed by atoms with E-state index in [1.54, 1.807) is 10.7 Å². The van der Waals surface area contributed by atoms with E-state index in [9.17, 15) is 0 Å². The molecule has 1 aromatic heterocycles. The van der Waals surface area contributed by atoms with E-state index in [1.165, 1.54) is 0 Å². The first-order chi connectivity index (χ1) is 8.76. The summed E-state index contributed by atoms with van der Waals surface area (Å²) in [6, 6.07) is 9.45. The van der Waals surface area contributed by atoms with Gasteiger partial charge in [0.2, 0.25) is 0 Å². The van der Waals surface area contributed by atoms with Crippen LogP contribution in [0.2, 0.25) is 5.02 Å². The van der Waals surface area contributed by atoms with Gasteiger partial charge in [-0.2, -0.15) is 5.26 Å². The molecule has 0 aliphatic heterocycles. The second kappa shape index (κ2) is 5.65. The van der Waals surface area contributed by atoms with Gasteiger partial charge in [-0.25, -0.2) is 4.68 Å². The van der Waals surface area contributed by atoms with Crippen LogP contribution in [0.1, 0.15) is 31.2 Å². The summed E-state index contributed by atoms with van der Waals surface area (Å²) in [5.41, 5.74) is 2.08. The van der Waals surface area contributed by atoms with Crippen LogP contribution in [0.3, 0.4) is 0 Å². The van der Waals surface area contributed by atoms with E-state index < -0.39 is 0 Å². The molecule has 0 saturated heterocycles. The minimum absolute atomic E-state index is 0.392. The molecule has 0 radical (unpaired) electrons. The molecule has 2 aromatic rings. The van der Waals surface area contributed by atoms with Gasteiger partial charge in [0.15, 0.2) is 5.69 Å². The molecule has 0 spiro atoms. The van der Waals surface area contributed by atoms with Crippen molar-refractivity contribution in [2.45, 2.75) is 26.2 Å². The Kier molecular flexibility index (Phi) is 3.96. The quantitative estimate of drug-likeness (QED) is 0.849. The van der Waals surface area contributed by atoms with Crippen molar-refractivity contribution in [3.8, 4) is 11.8 Å². The first-order valence-electron chi connectivity index (χ1n) is 5.87. The number of benzene rings is 1. The van der Waals surface area contributed by atoms with E-state index in [1.807, 2.05) is 18.2 Å². The highest BCUT2D eigenvalue weighted by Crippen LogP contribution is 2.18. The number of rotatable bonds is 4. The predicted molar refractivity (Wildman–Crippen MR) is 69.7 cm³/mol. The molecular weight excluding hydrogens is 248 g/mol. The van der Waals surface area contributed by atoms with E-state index in [0.29, 0.717) is 10.7 Å². The minimum atomic E-state index is 0.392. The topological polar surface area (TPSA) is 54.5 Å². The lowest BCUT2D eigenvalue weighted by molar-refractivity contribution is 0.715. The summed E-state index contributed by atoms with van der Waals surface area (Å²) >= 11 is 5.97. The molecule has 1 heterocycles. The van der Waals surface area contributed by atoms with Gasteiger partial charge in [-0.05, 0) is 31.0 Å². The zero-order valence-corrected chi connectivity index (χ0v) is 10.9. The predicted octanol–water partition coefficient (Wildman–Crippen LogP) is 3.13. The molecule has 18 heavy (non-hydrogen) atoms. The van der Waals surface area contributed by atoms with Gasteiger partial charge in [-0.15, -0.1) is 5.10 Å². The molecular formula is C13H13ClN4. The van der Waals surface area contributed by atoms with Crippen LogP contribution < -0.4 is 0 Å². The van der Waals surface area contributed by atoms with Crippen LogP contribution in [-0.2, 0) is 6.42 Å². The van der Waals surface area contributed by atoms with Crippen molar-refractivity contribution in [2.75, 3.05) is 0 Å². The molecule has 5 heteroatoms. The van der Waals surface area contributed by atoms with E-state index in [4.69, 9.17) is 16.9 Å². The zero-order chi connectivity index (χ0) is 13.0. The van der Waals surface area contributed by atoms with Crippen LogP contribution in [0.5, 0.6) is 0 Å². The Hall–Kier alpha value is -1.86. The Bertz CT molecular complexity index is 583. The van der Waals surface area contributed by atoms with Crippen LogP contribution in [-0.4, -0.2) is 15.0 Å². The van der Waals surface area contributed by atoms with Crippen LogP contribution in [0.4, 0.5) is 0 Å². The van der Waals surface area contributed by atoms with E-state index in [0.717, 1.165) is 30.6 Å². The van der Waals surface area contributed by atoms with Crippen LogP contribution in [0, 0.1) is 11.3 Å². The molecule has 0 atom stereocenters. The smallest absolute Gasteiger partial charge is 0.186 e. The molecule has 4 nitrogen and oxygen atoms in total. The van der Waals surface area contributed by atoms with Gasteiger partial charge in [0.1, 0.15) is 6.07 Å². The number of hydrogen-bond acceptors (Lipinski definition) is 3. The lowest BCUT2D eigenvalue weighted by Crippen LogP contribution is -2.03. The highest BCUT2D eigenvalue weighted by molar-refractivity contribution is 6.30. The molecule has 0 bridgehead atoms. The van der Waals surface area contributed by atoms with Crippen molar-refractivity contribution in [3.05, 3.63) is 40.7 Å². The average molecular weight is 261 g/mol. The van der Waals surface area contributed by atoms with Gasteiger partial charge in [0.25, 0.3) is 0 Å². The second-order valence-electron chi connectivity index (χ2n) is 3.99. The lowest BCUT2D eigenvalue weighted by Gasteiger charge is -2.06. The lowest BCUT2D eigenvalue weighted by atomic mass is 10.1. The first-order valence-corrected chi connectivity index (χ1v) is 6.24. The van der Waals surface area contributed by atoms with E-state index in [-0.39, 0.29) is 0 Å². The Morgan fingerprint density at radius 3 is 2.94 bits per heavy atom. The standard InChI is InChI=1S/C13H13ClN4/c1-2-3-7-13-12(9-15)16-17-18(13)11-6-4-5-10(14)8-11/h4-6,8H,2-3,7H2,1H3. The van der Waals surface area contributed by atoms with Crippen LogP contribution in [0.25, 0.3) is 5.69 Å². The van der Waals surface area contributed by atoms with Crippen molar-refractivity contribution in [3.63, 3.8) is 0 Å². The van der Waals surface area contributed by atoms with Gasteiger partial charge in [0.05, 0.1) is 11.4 Å². The molecule has 0 aliphatic rings. The number of unbranched alkanes of at least 4 members (excludes halogenated alkanes) is 1. The Morgan fingerprint density at radius 1 is 1.44 bits per heavy atom. The number of nitriles is 1. The van der Waals surface area contributed by atoms with E-state index in [2.05, 4.69) is 23.3 Å². The third-order valence-electron chi connectivity index (χ3n) is 2.69. The number of aromatic nitrogens is 3. The summed E-state index contributed by atoms with van der Waals surface area (Å²) < 4.78 is 1.69. The SMILES string of the molecule is CCCCc1c(C#N)nnn1-c1cccc(Cl)c1. The fourth-order valence-corrected chi connectivity index (χ4v) is 1.96. The fraction of sp³-hybridized carbons (Fsp3) is 0.308. The summed E-state index contributed by atoms with van der Waals surface area (Å²) in [7, 11) is 0. The van der Waals surface area contributed by atoms with Crippen LogP contribution >= 0.6 is 11.6 Å². The highest BCUT2D eigenvalue weighted by atomic mass is 35.5. The maximum absolute atomic E-state index is 9.04. The van der Waals surface area contributed by atoms with Crippen molar-refractivity contribution < 1.29 is 0 Å². The largest absolute Gasteiger partial charge is 0.216 e. The molecule has 0 N–H and O–H groups in total. The molecule has 0 amide bonds. The molecule has 0 saturated carbocycles. The van der Waals surface area contributed by atoms with Crippen LogP contribution in [0.15, 0.2) is 24.3 Å². The van der Waals surface area contributed by atoms with Gasteiger partial charge in [0, 0.05) is 5.02 Å². The normalized spacial score (nSPS) is 10.3. The van der Waals surface area contributed by atoms with Gasteiger partial charge in [-0.1, -0.05) is 36.2 Å². The van der Waals surface area contributed by atoms with Crippen molar-refractivity contribution in [1.82, 2.24) is 15.0 Å². The van der Waals surface area contributed by atoms with Gasteiger partial charge < -0.3 is 0 Å². The summed E-state index contributed by atoms with van der Waals surface area (Å²) in [5, 5.41) is 17.6. The summed E-state index contributed by atoms with van der Waals surface area (Å²) in [6.07, 6.45) is 2.85. The summed E-state index contributed by atoms with van der Waals surface area (Å²) in [6.45, 7) is 2.11. The molecule has 1 aromatic carbocycles. The van der Waals surface area contributed by atoms with Crippen molar-refractivity contribution in [2.24, 2.45) is 0 Å². The first kappa shape index (κ1) is 12.6. The molecule has 0 unspecified atom stereocenters. The maximum atomic E-state index is 9.04. The minimum Gasteiger partial charge on any atom is -0.216 e. The van der Waals surface area contributed by atoms with Gasteiger partial charge in [-0.3, -0.25) is 0 Å². The highest BCUT2D eigenvalue weighted by Gasteiger charge is 2.13. The monoisotopic (exact) mass is 260 g/mol. The number of hydrogen-bond donors (Lipinski definition) is 0. The third-order valence-corrected chi connectivity index (χ3v) is 2.92. The maximum Gasteiger partial charge on any atom is 0.186 e. The van der Waals surface area contributed by atoms with E-state index >= 15 is 0 Å².